The van der Waals surface area contributed by atoms with Gasteiger partial charge in [-0.3, -0.25) is 0 Å². The van der Waals surface area contributed by atoms with Gasteiger partial charge in [-0.2, -0.15) is 0 Å². The van der Waals surface area contributed by atoms with Crippen molar-refractivity contribution in [3.05, 3.63) is 30.7 Å². The number of benzene rings is 1. The minimum atomic E-state index is 0.553. The Hall–Kier alpha value is -2.56. The molecule has 5 nitrogen and oxygen atoms in total. The number of nitrogens with one attached hydrogen (secondary N) is 1. The highest BCUT2D eigenvalue weighted by molar-refractivity contribution is 6.00. The van der Waals surface area contributed by atoms with Crippen LogP contribution in [0.3, 0.4) is 0 Å². The summed E-state index contributed by atoms with van der Waals surface area (Å²) in [5, 5.41) is 0.899. The van der Waals surface area contributed by atoms with E-state index in [0.29, 0.717) is 25.6 Å². The van der Waals surface area contributed by atoms with E-state index in [1.54, 1.807) is 12.5 Å². The molecule has 0 aliphatic rings. The van der Waals surface area contributed by atoms with Gasteiger partial charge in [0.1, 0.15) is 0 Å². The molecule has 0 saturated heterocycles. The van der Waals surface area contributed by atoms with Crippen LogP contribution in [0.5, 0.6) is 17.2 Å². The number of hydrogen-bond donors (Lipinski definition) is 1. The highest BCUT2D eigenvalue weighted by atomic mass is 16.5. The normalized spacial score (nSPS) is 10.9. The SMILES string of the molecule is CCOc1ccc2[nH]c(-c3ccoc3)c(OCC)c2c1OCC. The molecule has 0 fully saturated rings. The summed E-state index contributed by atoms with van der Waals surface area (Å²) in [5.74, 6) is 2.19. The third-order valence-electron chi connectivity index (χ3n) is 3.52. The maximum absolute atomic E-state index is 5.93. The van der Waals surface area contributed by atoms with Crippen LogP contribution < -0.4 is 14.2 Å². The molecular formula is C18H21NO4. The van der Waals surface area contributed by atoms with Gasteiger partial charge in [-0.15, -0.1) is 0 Å². The first-order chi connectivity index (χ1) is 11.3. The van der Waals surface area contributed by atoms with Gasteiger partial charge in [-0.1, -0.05) is 0 Å². The molecule has 3 aromatic rings. The number of aromatic nitrogens is 1. The van der Waals surface area contributed by atoms with Gasteiger partial charge in [0.05, 0.1) is 48.9 Å². The number of hydrogen-bond acceptors (Lipinski definition) is 4. The van der Waals surface area contributed by atoms with Crippen LogP contribution in [0.2, 0.25) is 0 Å². The minimum Gasteiger partial charge on any atom is -0.491 e. The van der Waals surface area contributed by atoms with Crippen molar-refractivity contribution in [3.8, 4) is 28.5 Å². The van der Waals surface area contributed by atoms with E-state index in [9.17, 15) is 0 Å². The number of H-pyrrole nitrogens is 1. The molecule has 3 rings (SSSR count). The first kappa shape index (κ1) is 15.3. The Morgan fingerprint density at radius 2 is 1.65 bits per heavy atom. The number of rotatable bonds is 7. The largest absolute Gasteiger partial charge is 0.491 e. The predicted molar refractivity (Wildman–Crippen MR) is 89.5 cm³/mol. The molecule has 0 unspecified atom stereocenters. The minimum absolute atomic E-state index is 0.553. The van der Waals surface area contributed by atoms with Gasteiger partial charge >= 0.3 is 0 Å². The molecule has 2 aromatic heterocycles. The monoisotopic (exact) mass is 315 g/mol. The van der Waals surface area contributed by atoms with Crippen molar-refractivity contribution >= 4 is 10.9 Å². The summed E-state index contributed by atoms with van der Waals surface area (Å²) in [5.41, 5.74) is 2.76. The summed E-state index contributed by atoms with van der Waals surface area (Å²) in [7, 11) is 0. The number of ether oxygens (including phenoxy) is 3. The average Bonchev–Trinajstić information content (AvgIpc) is 3.18. The Kier molecular flexibility index (Phi) is 4.46. The lowest BCUT2D eigenvalue weighted by Gasteiger charge is -2.13. The third kappa shape index (κ3) is 2.74. The fourth-order valence-corrected chi connectivity index (χ4v) is 2.67. The van der Waals surface area contributed by atoms with E-state index < -0.39 is 0 Å². The van der Waals surface area contributed by atoms with Crippen LogP contribution >= 0.6 is 0 Å². The molecule has 0 amide bonds. The molecule has 1 aromatic carbocycles. The summed E-state index contributed by atoms with van der Waals surface area (Å²) < 4.78 is 22.7. The van der Waals surface area contributed by atoms with Crippen LogP contribution in [0.1, 0.15) is 20.8 Å². The van der Waals surface area contributed by atoms with Crippen molar-refractivity contribution < 1.29 is 18.6 Å². The third-order valence-corrected chi connectivity index (χ3v) is 3.52. The molecule has 2 heterocycles. The highest BCUT2D eigenvalue weighted by Crippen LogP contribution is 2.46. The number of aromatic amines is 1. The Morgan fingerprint density at radius 1 is 0.913 bits per heavy atom. The Morgan fingerprint density at radius 3 is 2.30 bits per heavy atom. The zero-order valence-electron chi connectivity index (χ0n) is 13.6. The maximum atomic E-state index is 5.93. The van der Waals surface area contributed by atoms with Crippen LogP contribution in [0.15, 0.2) is 35.1 Å². The molecule has 0 radical (unpaired) electrons. The molecular weight excluding hydrogens is 294 g/mol. The second kappa shape index (κ2) is 6.69. The van der Waals surface area contributed by atoms with Gasteiger partial charge in [-0.25, -0.2) is 0 Å². The Balaban J connectivity index is 2.27. The van der Waals surface area contributed by atoms with Crippen LogP contribution in [0.25, 0.3) is 22.2 Å². The van der Waals surface area contributed by atoms with E-state index in [1.165, 1.54) is 0 Å². The Bertz CT molecular complexity index is 774. The number of fused-ring (bicyclic) bond motifs is 1. The van der Waals surface area contributed by atoms with E-state index in [4.69, 9.17) is 18.6 Å². The van der Waals surface area contributed by atoms with Gasteiger partial charge in [-0.05, 0) is 39.0 Å². The van der Waals surface area contributed by atoms with Gasteiger partial charge in [0.25, 0.3) is 0 Å². The van der Waals surface area contributed by atoms with E-state index >= 15 is 0 Å². The molecule has 1 N–H and O–H groups in total. The summed E-state index contributed by atoms with van der Waals surface area (Å²) >= 11 is 0. The molecule has 0 atom stereocenters. The van der Waals surface area contributed by atoms with Crippen molar-refractivity contribution in [1.29, 1.82) is 0 Å². The van der Waals surface area contributed by atoms with E-state index in [0.717, 1.165) is 33.7 Å². The quantitative estimate of drug-likeness (QED) is 0.691. The lowest BCUT2D eigenvalue weighted by molar-refractivity contribution is 0.289. The molecule has 0 bridgehead atoms. The average molecular weight is 315 g/mol. The summed E-state index contributed by atoms with van der Waals surface area (Å²) in [4.78, 5) is 3.40. The second-order valence-corrected chi connectivity index (χ2v) is 4.96. The Labute approximate surface area is 135 Å². The lowest BCUT2D eigenvalue weighted by atomic mass is 10.1. The van der Waals surface area contributed by atoms with Crippen molar-refractivity contribution in [2.75, 3.05) is 19.8 Å². The topological polar surface area (TPSA) is 56.6 Å². The fourth-order valence-electron chi connectivity index (χ4n) is 2.67. The van der Waals surface area contributed by atoms with Crippen LogP contribution in [0, 0.1) is 0 Å². The fraction of sp³-hybridized carbons (Fsp3) is 0.333. The zero-order chi connectivity index (χ0) is 16.2. The molecule has 0 saturated carbocycles. The maximum Gasteiger partial charge on any atom is 0.174 e. The lowest BCUT2D eigenvalue weighted by Crippen LogP contribution is -1.99. The van der Waals surface area contributed by atoms with Crippen molar-refractivity contribution in [2.45, 2.75) is 20.8 Å². The first-order valence-corrected chi connectivity index (χ1v) is 7.89. The van der Waals surface area contributed by atoms with E-state index in [-0.39, 0.29) is 0 Å². The van der Waals surface area contributed by atoms with E-state index in [1.807, 2.05) is 39.0 Å². The first-order valence-electron chi connectivity index (χ1n) is 7.89. The van der Waals surface area contributed by atoms with Gasteiger partial charge < -0.3 is 23.6 Å². The molecule has 0 aliphatic heterocycles. The van der Waals surface area contributed by atoms with Crippen LogP contribution in [0.4, 0.5) is 0 Å². The van der Waals surface area contributed by atoms with Crippen LogP contribution in [-0.2, 0) is 0 Å². The zero-order valence-corrected chi connectivity index (χ0v) is 13.6. The summed E-state index contributed by atoms with van der Waals surface area (Å²) in [6, 6.07) is 5.80. The smallest absolute Gasteiger partial charge is 0.174 e. The number of furan rings is 1. The summed E-state index contributed by atoms with van der Waals surface area (Å²) in [6.45, 7) is 7.56. The van der Waals surface area contributed by atoms with Gasteiger partial charge in [0.2, 0.25) is 0 Å². The standard InChI is InChI=1S/C18H21NO4/c1-4-21-14-8-7-13-15(17(14)22-5-2)18(23-6-3)16(19-13)12-9-10-20-11-12/h7-11,19H,4-6H2,1-3H3. The molecule has 0 aliphatic carbocycles. The molecule has 5 heteroatoms. The molecule has 122 valence electrons. The van der Waals surface area contributed by atoms with E-state index in [2.05, 4.69) is 4.98 Å². The van der Waals surface area contributed by atoms with Crippen LogP contribution in [-0.4, -0.2) is 24.8 Å². The molecule has 23 heavy (non-hydrogen) atoms. The molecule has 0 spiro atoms. The van der Waals surface area contributed by atoms with Crippen molar-refractivity contribution in [3.63, 3.8) is 0 Å². The highest BCUT2D eigenvalue weighted by Gasteiger charge is 2.21. The van der Waals surface area contributed by atoms with Gasteiger partial charge in [0, 0.05) is 5.56 Å². The van der Waals surface area contributed by atoms with Gasteiger partial charge in [0.15, 0.2) is 17.2 Å². The summed E-state index contributed by atoms with van der Waals surface area (Å²) in [6.07, 6.45) is 3.34. The predicted octanol–water partition coefficient (Wildman–Crippen LogP) is 4.62. The second-order valence-electron chi connectivity index (χ2n) is 4.96. The van der Waals surface area contributed by atoms with Crippen molar-refractivity contribution in [1.82, 2.24) is 4.98 Å². The van der Waals surface area contributed by atoms with Crippen molar-refractivity contribution in [2.24, 2.45) is 0 Å².